The van der Waals surface area contributed by atoms with E-state index in [4.69, 9.17) is 15.9 Å². The number of carboxylic acids is 1. The molecule has 6 unspecified atom stereocenters. The van der Waals surface area contributed by atoms with Crippen LogP contribution in [0, 0.1) is 11.8 Å². The lowest BCUT2D eigenvalue weighted by atomic mass is 9.97. The van der Waals surface area contributed by atoms with E-state index in [0.717, 1.165) is 0 Å². The molecule has 3 amide bonds. The summed E-state index contributed by atoms with van der Waals surface area (Å²) in [5, 5.41) is 35.1. The van der Waals surface area contributed by atoms with Crippen LogP contribution in [0.1, 0.15) is 47.5 Å². The number of rotatable bonds is 13. The van der Waals surface area contributed by atoms with Crippen molar-refractivity contribution >= 4 is 23.7 Å². The number of aliphatic hydroxyl groups is 2. The second-order valence-electron chi connectivity index (χ2n) is 7.92. The van der Waals surface area contributed by atoms with Crippen LogP contribution in [0.3, 0.4) is 0 Å². The fraction of sp³-hybridized carbons (Fsp3) is 0.789. The molecule has 0 aliphatic carbocycles. The maximum absolute atomic E-state index is 12.7. The molecule has 0 radical (unpaired) electrons. The molecular weight excluding hydrogens is 396 g/mol. The Morgan fingerprint density at radius 1 is 0.900 bits per heavy atom. The zero-order valence-corrected chi connectivity index (χ0v) is 18.2. The summed E-state index contributed by atoms with van der Waals surface area (Å²) in [6.45, 7) is 7.71. The van der Waals surface area contributed by atoms with Crippen molar-refractivity contribution in [2.75, 3.05) is 6.61 Å². The van der Waals surface area contributed by atoms with Gasteiger partial charge in [0.25, 0.3) is 0 Å². The van der Waals surface area contributed by atoms with Gasteiger partial charge < -0.3 is 37.0 Å². The number of carbonyl (C=O) groups is 4. The third kappa shape index (κ3) is 9.06. The summed E-state index contributed by atoms with van der Waals surface area (Å²) in [5.41, 5.74) is 5.82. The molecule has 0 aliphatic heterocycles. The fourth-order valence-electron chi connectivity index (χ4n) is 2.67. The van der Waals surface area contributed by atoms with Gasteiger partial charge in [-0.1, -0.05) is 34.1 Å². The van der Waals surface area contributed by atoms with E-state index in [0.29, 0.717) is 12.8 Å². The Kier molecular flexibility index (Phi) is 12.2. The molecule has 11 heteroatoms. The van der Waals surface area contributed by atoms with E-state index < -0.39 is 66.5 Å². The average molecular weight is 433 g/mol. The number of nitrogens with one attached hydrogen (secondary N) is 3. The van der Waals surface area contributed by atoms with E-state index >= 15 is 0 Å². The second kappa shape index (κ2) is 13.1. The molecule has 0 aromatic rings. The molecule has 0 spiro atoms. The largest absolute Gasteiger partial charge is 0.480 e. The van der Waals surface area contributed by atoms with Gasteiger partial charge in [0.15, 0.2) is 0 Å². The first-order chi connectivity index (χ1) is 13.8. The van der Waals surface area contributed by atoms with E-state index in [1.54, 1.807) is 13.8 Å². The highest BCUT2D eigenvalue weighted by Crippen LogP contribution is 2.10. The van der Waals surface area contributed by atoms with Gasteiger partial charge in [0.1, 0.15) is 18.1 Å². The van der Waals surface area contributed by atoms with Crippen molar-refractivity contribution in [2.24, 2.45) is 17.6 Å². The minimum Gasteiger partial charge on any atom is -0.480 e. The molecular formula is C19H36N4O7. The van der Waals surface area contributed by atoms with Gasteiger partial charge in [-0.05, 0) is 25.2 Å². The van der Waals surface area contributed by atoms with Gasteiger partial charge in [0.2, 0.25) is 17.7 Å². The van der Waals surface area contributed by atoms with Crippen LogP contribution >= 0.6 is 0 Å². The first-order valence-electron chi connectivity index (χ1n) is 10.0. The summed E-state index contributed by atoms with van der Waals surface area (Å²) >= 11 is 0. The summed E-state index contributed by atoms with van der Waals surface area (Å²) in [4.78, 5) is 48.6. The van der Waals surface area contributed by atoms with Crippen molar-refractivity contribution in [3.05, 3.63) is 0 Å². The van der Waals surface area contributed by atoms with Gasteiger partial charge in [-0.25, -0.2) is 4.79 Å². The van der Waals surface area contributed by atoms with Crippen molar-refractivity contribution in [3.63, 3.8) is 0 Å². The molecule has 0 rings (SSSR count). The molecule has 30 heavy (non-hydrogen) atoms. The van der Waals surface area contributed by atoms with Crippen LogP contribution in [0.25, 0.3) is 0 Å². The van der Waals surface area contributed by atoms with Gasteiger partial charge >= 0.3 is 5.97 Å². The van der Waals surface area contributed by atoms with E-state index in [1.165, 1.54) is 6.92 Å². The fourth-order valence-corrected chi connectivity index (χ4v) is 2.67. The van der Waals surface area contributed by atoms with Crippen LogP contribution < -0.4 is 21.7 Å². The molecule has 0 heterocycles. The highest BCUT2D eigenvalue weighted by Gasteiger charge is 2.34. The predicted molar refractivity (Wildman–Crippen MR) is 109 cm³/mol. The summed E-state index contributed by atoms with van der Waals surface area (Å²) in [6.07, 6.45) is -0.416. The Bertz CT molecular complexity index is 597. The first kappa shape index (κ1) is 27.8. The lowest BCUT2D eigenvalue weighted by Gasteiger charge is -2.28. The van der Waals surface area contributed by atoms with Crippen LogP contribution in [0.4, 0.5) is 0 Å². The maximum Gasteiger partial charge on any atom is 0.328 e. The number of aliphatic carboxylic acids is 1. The summed E-state index contributed by atoms with van der Waals surface area (Å²) in [7, 11) is 0. The van der Waals surface area contributed by atoms with E-state index in [2.05, 4.69) is 16.0 Å². The minimum absolute atomic E-state index is 0.150. The normalized spacial score (nSPS) is 17.2. The molecule has 0 fully saturated rings. The summed E-state index contributed by atoms with van der Waals surface area (Å²) in [5.74, 6) is -3.89. The first-order valence-corrected chi connectivity index (χ1v) is 10.0. The highest BCUT2D eigenvalue weighted by atomic mass is 16.4. The van der Waals surface area contributed by atoms with Crippen molar-refractivity contribution in [1.82, 2.24) is 16.0 Å². The quantitative estimate of drug-likeness (QED) is 0.179. The van der Waals surface area contributed by atoms with Crippen molar-refractivity contribution < 1.29 is 34.5 Å². The lowest BCUT2D eigenvalue weighted by molar-refractivity contribution is -0.143. The van der Waals surface area contributed by atoms with E-state index in [1.807, 2.05) is 13.8 Å². The number of amides is 3. The standard InChI is InChI=1S/C19H36N4O7/c1-6-10(4)14(17(27)21-13(8-24)19(29)30)22-18(28)15(11(5)25)23-16(26)12(20)7-9(2)3/h9-15,24-25H,6-8,20H2,1-5H3,(H,21,27)(H,22,28)(H,23,26)(H,29,30). The monoisotopic (exact) mass is 432 g/mol. The van der Waals surface area contributed by atoms with Gasteiger partial charge in [0, 0.05) is 0 Å². The molecule has 11 nitrogen and oxygen atoms in total. The van der Waals surface area contributed by atoms with Crippen molar-refractivity contribution in [2.45, 2.75) is 77.7 Å². The maximum atomic E-state index is 12.7. The van der Waals surface area contributed by atoms with E-state index in [9.17, 15) is 24.3 Å². The molecule has 0 saturated heterocycles. The summed E-state index contributed by atoms with van der Waals surface area (Å²) in [6, 6.07) is -4.89. The van der Waals surface area contributed by atoms with Gasteiger partial charge in [-0.2, -0.15) is 0 Å². The Hall–Kier alpha value is -2.24. The number of carbonyl (C=O) groups excluding carboxylic acids is 3. The number of carboxylic acid groups (broad SMARTS) is 1. The Morgan fingerprint density at radius 3 is 1.80 bits per heavy atom. The second-order valence-corrected chi connectivity index (χ2v) is 7.92. The van der Waals surface area contributed by atoms with Crippen molar-refractivity contribution in [3.8, 4) is 0 Å². The molecule has 174 valence electrons. The minimum atomic E-state index is -1.53. The van der Waals surface area contributed by atoms with E-state index in [-0.39, 0.29) is 5.92 Å². The number of nitrogens with two attached hydrogens (primary N) is 1. The molecule has 8 N–H and O–H groups in total. The van der Waals surface area contributed by atoms with Crippen LogP contribution in [0.15, 0.2) is 0 Å². The molecule has 0 aromatic carbocycles. The van der Waals surface area contributed by atoms with Crippen LogP contribution in [-0.2, 0) is 19.2 Å². The highest BCUT2D eigenvalue weighted by molar-refractivity contribution is 5.94. The van der Waals surface area contributed by atoms with Crippen molar-refractivity contribution in [1.29, 1.82) is 0 Å². The lowest BCUT2D eigenvalue weighted by Crippen LogP contribution is -2.61. The summed E-state index contributed by atoms with van der Waals surface area (Å²) < 4.78 is 0. The number of hydrogen-bond acceptors (Lipinski definition) is 7. The average Bonchev–Trinajstić information content (AvgIpc) is 2.65. The van der Waals surface area contributed by atoms with Gasteiger partial charge in [-0.15, -0.1) is 0 Å². The number of aliphatic hydroxyl groups excluding tert-OH is 2. The zero-order valence-electron chi connectivity index (χ0n) is 18.2. The third-order valence-corrected chi connectivity index (χ3v) is 4.72. The van der Waals surface area contributed by atoms with Crippen LogP contribution in [0.2, 0.25) is 0 Å². The van der Waals surface area contributed by atoms with Crippen LogP contribution in [-0.4, -0.2) is 75.9 Å². The third-order valence-electron chi connectivity index (χ3n) is 4.72. The molecule has 0 saturated carbocycles. The Morgan fingerprint density at radius 2 is 1.40 bits per heavy atom. The number of hydrogen-bond donors (Lipinski definition) is 7. The van der Waals surface area contributed by atoms with Gasteiger partial charge in [0.05, 0.1) is 18.8 Å². The molecule has 0 aliphatic rings. The molecule has 0 bridgehead atoms. The zero-order chi connectivity index (χ0) is 23.6. The Balaban J connectivity index is 5.39. The van der Waals surface area contributed by atoms with Gasteiger partial charge in [-0.3, -0.25) is 14.4 Å². The molecule has 6 atom stereocenters. The molecule has 0 aromatic heterocycles. The SMILES string of the molecule is CCC(C)C(NC(=O)C(NC(=O)C(N)CC(C)C)C(C)O)C(=O)NC(CO)C(=O)O. The smallest absolute Gasteiger partial charge is 0.328 e. The predicted octanol–water partition coefficient (Wildman–Crippen LogP) is -1.68. The topological polar surface area (TPSA) is 191 Å². The Labute approximate surface area is 176 Å². The van der Waals surface area contributed by atoms with Crippen LogP contribution in [0.5, 0.6) is 0 Å².